The highest BCUT2D eigenvalue weighted by Gasteiger charge is 2.17. The summed E-state index contributed by atoms with van der Waals surface area (Å²) in [6.45, 7) is 2.97. The van der Waals surface area contributed by atoms with E-state index in [4.69, 9.17) is 0 Å². The van der Waals surface area contributed by atoms with E-state index in [9.17, 15) is 5.11 Å². The molecule has 1 heterocycles. The summed E-state index contributed by atoms with van der Waals surface area (Å²) in [5, 5.41) is 16.7. The largest absolute Gasteiger partial charge is 0.388 e. The summed E-state index contributed by atoms with van der Waals surface area (Å²) < 4.78 is 0. The van der Waals surface area contributed by atoms with Gasteiger partial charge in [-0.1, -0.05) is 30.3 Å². The zero-order valence-corrected chi connectivity index (χ0v) is 8.82. The second kappa shape index (κ2) is 5.26. The molecule has 2 atom stereocenters. The van der Waals surface area contributed by atoms with Crippen molar-refractivity contribution in [3.05, 3.63) is 35.9 Å². The van der Waals surface area contributed by atoms with E-state index in [1.54, 1.807) is 0 Å². The zero-order valence-electron chi connectivity index (χ0n) is 8.82. The number of hydrogen-bond donors (Lipinski definition) is 3. The van der Waals surface area contributed by atoms with Crippen molar-refractivity contribution in [3.63, 3.8) is 0 Å². The third-order valence-electron chi connectivity index (χ3n) is 2.82. The van der Waals surface area contributed by atoms with Crippen molar-refractivity contribution in [2.24, 2.45) is 0 Å². The summed E-state index contributed by atoms with van der Waals surface area (Å²) in [6.07, 6.45) is 0.417. The highest BCUT2D eigenvalue weighted by atomic mass is 16.3. The van der Waals surface area contributed by atoms with Crippen molar-refractivity contribution in [1.82, 2.24) is 10.6 Å². The average molecular weight is 206 g/mol. The van der Waals surface area contributed by atoms with E-state index in [1.807, 2.05) is 30.3 Å². The topological polar surface area (TPSA) is 44.3 Å². The molecule has 0 aromatic heterocycles. The fourth-order valence-corrected chi connectivity index (χ4v) is 1.96. The Morgan fingerprint density at radius 1 is 1.27 bits per heavy atom. The molecule has 2 rings (SSSR count). The Morgan fingerprint density at radius 3 is 2.73 bits per heavy atom. The van der Waals surface area contributed by atoms with E-state index >= 15 is 0 Å². The molecule has 1 saturated heterocycles. The summed E-state index contributed by atoms with van der Waals surface area (Å²) in [7, 11) is 0. The molecule has 15 heavy (non-hydrogen) atoms. The molecule has 1 unspecified atom stereocenters. The minimum absolute atomic E-state index is 0.358. The van der Waals surface area contributed by atoms with E-state index < -0.39 is 0 Å². The second-order valence-electron chi connectivity index (χ2n) is 4.02. The van der Waals surface area contributed by atoms with Crippen molar-refractivity contribution < 1.29 is 5.11 Å². The van der Waals surface area contributed by atoms with Crippen LogP contribution in [0.4, 0.5) is 0 Å². The van der Waals surface area contributed by atoms with E-state index in [0.29, 0.717) is 6.04 Å². The molecule has 3 heteroatoms. The standard InChI is InChI=1S/C12H18N2O/c15-12(10-4-2-1-3-5-10)8-11-9-13-6-7-14-11/h1-5,11-15H,6-9H2/t11-,12?/m0/s1. The maximum Gasteiger partial charge on any atom is 0.0805 e. The van der Waals surface area contributed by atoms with Crippen LogP contribution in [-0.4, -0.2) is 30.8 Å². The van der Waals surface area contributed by atoms with Gasteiger partial charge in [-0.15, -0.1) is 0 Å². The van der Waals surface area contributed by atoms with E-state index in [0.717, 1.165) is 31.6 Å². The van der Waals surface area contributed by atoms with Crippen molar-refractivity contribution in [2.75, 3.05) is 19.6 Å². The molecule has 1 aromatic carbocycles. The van der Waals surface area contributed by atoms with Crippen LogP contribution in [0.1, 0.15) is 18.1 Å². The van der Waals surface area contributed by atoms with Crippen molar-refractivity contribution in [2.45, 2.75) is 18.6 Å². The molecule has 0 radical (unpaired) electrons. The van der Waals surface area contributed by atoms with Gasteiger partial charge in [0.2, 0.25) is 0 Å². The number of aliphatic hydroxyl groups excluding tert-OH is 1. The SMILES string of the molecule is OC(C[C@H]1CNCCN1)c1ccccc1. The van der Waals surface area contributed by atoms with Gasteiger partial charge in [-0.25, -0.2) is 0 Å². The lowest BCUT2D eigenvalue weighted by atomic mass is 10.0. The third-order valence-corrected chi connectivity index (χ3v) is 2.82. The van der Waals surface area contributed by atoms with Gasteiger partial charge < -0.3 is 15.7 Å². The number of hydrogen-bond acceptors (Lipinski definition) is 3. The third kappa shape index (κ3) is 3.02. The molecule has 1 aliphatic rings. The van der Waals surface area contributed by atoms with Crippen LogP contribution in [0.5, 0.6) is 0 Å². The predicted molar refractivity (Wildman–Crippen MR) is 60.7 cm³/mol. The fraction of sp³-hybridized carbons (Fsp3) is 0.500. The van der Waals surface area contributed by atoms with Gasteiger partial charge in [0.25, 0.3) is 0 Å². The molecule has 1 aromatic rings. The summed E-state index contributed by atoms with van der Waals surface area (Å²) in [5.74, 6) is 0. The number of rotatable bonds is 3. The normalized spacial score (nSPS) is 23.7. The molecule has 3 nitrogen and oxygen atoms in total. The van der Waals surface area contributed by atoms with Gasteiger partial charge in [0.05, 0.1) is 6.10 Å². The number of benzene rings is 1. The van der Waals surface area contributed by atoms with Crippen LogP contribution in [0.3, 0.4) is 0 Å². The van der Waals surface area contributed by atoms with Crippen molar-refractivity contribution in [1.29, 1.82) is 0 Å². The van der Waals surface area contributed by atoms with Gasteiger partial charge in [-0.3, -0.25) is 0 Å². The smallest absolute Gasteiger partial charge is 0.0805 e. The van der Waals surface area contributed by atoms with Crippen LogP contribution in [-0.2, 0) is 0 Å². The van der Waals surface area contributed by atoms with Gasteiger partial charge in [0.15, 0.2) is 0 Å². The minimum Gasteiger partial charge on any atom is -0.388 e. The lowest BCUT2D eigenvalue weighted by Gasteiger charge is -2.26. The first-order chi connectivity index (χ1) is 7.36. The number of piperazine rings is 1. The van der Waals surface area contributed by atoms with Gasteiger partial charge >= 0.3 is 0 Å². The fourth-order valence-electron chi connectivity index (χ4n) is 1.96. The Balaban J connectivity index is 1.88. The summed E-state index contributed by atoms with van der Waals surface area (Å²) in [6, 6.07) is 10.2. The summed E-state index contributed by atoms with van der Waals surface area (Å²) in [5.41, 5.74) is 1.00. The average Bonchev–Trinajstić information content (AvgIpc) is 2.31. The molecule has 82 valence electrons. The molecular formula is C12H18N2O. The quantitative estimate of drug-likeness (QED) is 0.681. The predicted octanol–water partition coefficient (Wildman–Crippen LogP) is 0.671. The maximum absolute atomic E-state index is 10.0. The Hall–Kier alpha value is -0.900. The Labute approximate surface area is 90.5 Å². The molecule has 0 bridgehead atoms. The van der Waals surface area contributed by atoms with Gasteiger partial charge in [-0.05, 0) is 12.0 Å². The Kier molecular flexibility index (Phi) is 3.72. The molecule has 0 aliphatic carbocycles. The highest BCUT2D eigenvalue weighted by molar-refractivity contribution is 5.17. The lowest BCUT2D eigenvalue weighted by molar-refractivity contribution is 0.147. The van der Waals surface area contributed by atoms with E-state index in [1.165, 1.54) is 0 Å². The van der Waals surface area contributed by atoms with E-state index in [2.05, 4.69) is 10.6 Å². The van der Waals surface area contributed by atoms with Gasteiger partial charge in [0.1, 0.15) is 0 Å². The molecule has 1 fully saturated rings. The minimum atomic E-state index is -0.358. The molecule has 0 amide bonds. The van der Waals surface area contributed by atoms with Crippen LogP contribution < -0.4 is 10.6 Å². The van der Waals surface area contributed by atoms with Gasteiger partial charge in [-0.2, -0.15) is 0 Å². The summed E-state index contributed by atoms with van der Waals surface area (Å²) >= 11 is 0. The highest BCUT2D eigenvalue weighted by Crippen LogP contribution is 2.17. The number of aliphatic hydroxyl groups is 1. The summed E-state index contributed by atoms with van der Waals surface area (Å²) in [4.78, 5) is 0. The van der Waals surface area contributed by atoms with Crippen molar-refractivity contribution in [3.8, 4) is 0 Å². The Bertz CT molecular complexity index is 283. The molecule has 3 N–H and O–H groups in total. The number of nitrogens with one attached hydrogen (secondary N) is 2. The first-order valence-electron chi connectivity index (χ1n) is 5.53. The van der Waals surface area contributed by atoms with Crippen LogP contribution in [0.25, 0.3) is 0 Å². The van der Waals surface area contributed by atoms with Crippen LogP contribution in [0, 0.1) is 0 Å². The lowest BCUT2D eigenvalue weighted by Crippen LogP contribution is -2.48. The van der Waals surface area contributed by atoms with E-state index in [-0.39, 0.29) is 6.10 Å². The molecule has 0 saturated carbocycles. The Morgan fingerprint density at radius 2 is 2.07 bits per heavy atom. The second-order valence-corrected chi connectivity index (χ2v) is 4.02. The first kappa shape index (κ1) is 10.6. The zero-order chi connectivity index (χ0) is 10.5. The molecular weight excluding hydrogens is 188 g/mol. The molecule has 1 aliphatic heterocycles. The van der Waals surface area contributed by atoms with Crippen molar-refractivity contribution >= 4 is 0 Å². The van der Waals surface area contributed by atoms with Crippen LogP contribution in [0.2, 0.25) is 0 Å². The maximum atomic E-state index is 10.0. The van der Waals surface area contributed by atoms with Gasteiger partial charge in [0, 0.05) is 25.7 Å². The van der Waals surface area contributed by atoms with Crippen LogP contribution in [0.15, 0.2) is 30.3 Å². The first-order valence-corrected chi connectivity index (χ1v) is 5.53. The van der Waals surface area contributed by atoms with Crippen LogP contribution >= 0.6 is 0 Å². The molecule has 0 spiro atoms. The monoisotopic (exact) mass is 206 g/mol.